The average Bonchev–Trinajstić information content (AvgIpc) is 2.95. The van der Waals surface area contributed by atoms with Gasteiger partial charge in [-0.05, 0) is 29.5 Å². The van der Waals surface area contributed by atoms with Gasteiger partial charge in [-0.25, -0.2) is 29.0 Å². The Morgan fingerprint density at radius 3 is 2.29 bits per heavy atom. The predicted molar refractivity (Wildman–Crippen MR) is 148 cm³/mol. The van der Waals surface area contributed by atoms with E-state index in [4.69, 9.17) is 21.1 Å². The standard InChI is InChI=1S/C25H25ClN6O4S2/c1-27-38(33,34)32(16-18-6-4-3-5-7-18)23-22(19-8-10-20(26)11-9-19)24(31-17-30-23)35-12-13-36-25-28-14-21(37-2)15-29-25/h3-11,14-15,17,27H,12-13,16H2,1-2H3. The van der Waals surface area contributed by atoms with Gasteiger partial charge in [-0.2, -0.15) is 8.42 Å². The third kappa shape index (κ3) is 6.90. The van der Waals surface area contributed by atoms with Crippen molar-refractivity contribution in [1.82, 2.24) is 24.7 Å². The lowest BCUT2D eigenvalue weighted by Gasteiger charge is -2.25. The summed E-state index contributed by atoms with van der Waals surface area (Å²) in [5.41, 5.74) is 1.79. The van der Waals surface area contributed by atoms with Crippen molar-refractivity contribution in [1.29, 1.82) is 0 Å². The molecule has 0 atom stereocenters. The number of aromatic nitrogens is 4. The number of halogens is 1. The molecule has 4 aromatic rings. The van der Waals surface area contributed by atoms with Crippen LogP contribution in [0.5, 0.6) is 11.9 Å². The van der Waals surface area contributed by atoms with E-state index in [1.54, 1.807) is 36.7 Å². The molecule has 0 bridgehead atoms. The second-order valence-electron chi connectivity index (χ2n) is 7.69. The van der Waals surface area contributed by atoms with Crippen LogP contribution in [0.2, 0.25) is 5.02 Å². The van der Waals surface area contributed by atoms with E-state index < -0.39 is 10.2 Å². The zero-order valence-corrected chi connectivity index (χ0v) is 23.0. The van der Waals surface area contributed by atoms with Gasteiger partial charge in [-0.1, -0.05) is 54.1 Å². The molecule has 2 aromatic carbocycles. The highest BCUT2D eigenvalue weighted by Gasteiger charge is 2.28. The molecule has 2 aromatic heterocycles. The summed E-state index contributed by atoms with van der Waals surface area (Å²) in [6.45, 7) is 0.274. The van der Waals surface area contributed by atoms with Gasteiger partial charge in [0.15, 0.2) is 5.82 Å². The van der Waals surface area contributed by atoms with Crippen LogP contribution in [0.15, 0.2) is 78.2 Å². The summed E-state index contributed by atoms with van der Waals surface area (Å²) in [6.07, 6.45) is 6.54. The summed E-state index contributed by atoms with van der Waals surface area (Å²) in [7, 11) is -2.62. The molecule has 0 aliphatic rings. The molecule has 10 nitrogen and oxygen atoms in total. The van der Waals surface area contributed by atoms with Crippen LogP contribution < -0.4 is 18.5 Å². The zero-order valence-electron chi connectivity index (χ0n) is 20.6. The maximum atomic E-state index is 13.2. The van der Waals surface area contributed by atoms with Crippen LogP contribution in [0.4, 0.5) is 5.82 Å². The number of hydrogen-bond donors (Lipinski definition) is 1. The van der Waals surface area contributed by atoms with Gasteiger partial charge in [0.2, 0.25) is 5.88 Å². The Bertz CT molecular complexity index is 1440. The molecule has 0 unspecified atom stereocenters. The molecule has 0 spiro atoms. The lowest BCUT2D eigenvalue weighted by Crippen LogP contribution is -2.39. The molecule has 0 saturated carbocycles. The molecular formula is C25H25ClN6O4S2. The van der Waals surface area contributed by atoms with E-state index in [1.807, 2.05) is 36.6 Å². The van der Waals surface area contributed by atoms with Crippen molar-refractivity contribution in [2.24, 2.45) is 0 Å². The van der Waals surface area contributed by atoms with E-state index in [-0.39, 0.29) is 37.5 Å². The van der Waals surface area contributed by atoms with Gasteiger partial charge in [0.25, 0.3) is 0 Å². The van der Waals surface area contributed by atoms with Crippen molar-refractivity contribution >= 4 is 39.4 Å². The summed E-state index contributed by atoms with van der Waals surface area (Å²) in [5.74, 6) is 0.330. The third-order valence-corrected chi connectivity index (χ3v) is 7.60. The molecule has 4 rings (SSSR count). The van der Waals surface area contributed by atoms with Crippen molar-refractivity contribution in [3.8, 4) is 23.0 Å². The fourth-order valence-corrected chi connectivity index (χ4v) is 4.76. The van der Waals surface area contributed by atoms with Gasteiger partial charge in [-0.3, -0.25) is 0 Å². The van der Waals surface area contributed by atoms with Crippen LogP contribution in [0, 0.1) is 0 Å². The summed E-state index contributed by atoms with van der Waals surface area (Å²) in [6, 6.07) is 16.3. The molecule has 13 heteroatoms. The highest BCUT2D eigenvalue weighted by atomic mass is 35.5. The summed E-state index contributed by atoms with van der Waals surface area (Å²) in [5, 5.41) is 0.527. The maximum absolute atomic E-state index is 13.2. The van der Waals surface area contributed by atoms with Gasteiger partial charge >= 0.3 is 16.2 Å². The zero-order chi connectivity index (χ0) is 27.0. The highest BCUT2D eigenvalue weighted by molar-refractivity contribution is 7.98. The fourth-order valence-electron chi connectivity index (χ4n) is 3.42. The van der Waals surface area contributed by atoms with Gasteiger partial charge in [-0.15, -0.1) is 11.8 Å². The minimum atomic E-state index is -3.97. The van der Waals surface area contributed by atoms with Gasteiger partial charge in [0.05, 0.1) is 12.1 Å². The Kier molecular flexibility index (Phi) is 9.34. The largest absolute Gasteiger partial charge is 0.473 e. The van der Waals surface area contributed by atoms with E-state index in [1.165, 1.54) is 29.4 Å². The highest BCUT2D eigenvalue weighted by Crippen LogP contribution is 2.38. The van der Waals surface area contributed by atoms with Crippen molar-refractivity contribution in [2.45, 2.75) is 11.4 Å². The first-order valence-electron chi connectivity index (χ1n) is 11.4. The van der Waals surface area contributed by atoms with Gasteiger partial charge < -0.3 is 9.47 Å². The van der Waals surface area contributed by atoms with E-state index in [0.717, 1.165) is 10.5 Å². The Morgan fingerprint density at radius 1 is 0.947 bits per heavy atom. The second-order valence-corrected chi connectivity index (χ2v) is 10.8. The monoisotopic (exact) mass is 572 g/mol. The topological polar surface area (TPSA) is 119 Å². The Labute approximate surface area is 230 Å². The first-order valence-corrected chi connectivity index (χ1v) is 14.4. The fraction of sp³-hybridized carbons (Fsp3) is 0.200. The molecule has 0 saturated heterocycles. The number of nitrogens with zero attached hydrogens (tertiary/aromatic N) is 5. The lowest BCUT2D eigenvalue weighted by atomic mass is 10.1. The number of benzene rings is 2. The minimum Gasteiger partial charge on any atom is -0.473 e. The number of hydrogen-bond acceptors (Lipinski definition) is 9. The van der Waals surface area contributed by atoms with Crippen molar-refractivity contribution in [3.63, 3.8) is 0 Å². The van der Waals surface area contributed by atoms with Gasteiger partial charge in [0.1, 0.15) is 19.5 Å². The lowest BCUT2D eigenvalue weighted by molar-refractivity contribution is 0.201. The van der Waals surface area contributed by atoms with Crippen LogP contribution in [-0.4, -0.2) is 54.9 Å². The molecule has 2 heterocycles. The van der Waals surface area contributed by atoms with E-state index in [9.17, 15) is 8.42 Å². The average molecular weight is 573 g/mol. The third-order valence-electron chi connectivity index (χ3n) is 5.27. The summed E-state index contributed by atoms with van der Waals surface area (Å²) in [4.78, 5) is 17.9. The molecule has 198 valence electrons. The molecule has 38 heavy (non-hydrogen) atoms. The normalized spacial score (nSPS) is 11.2. The Hall–Kier alpha value is -3.45. The van der Waals surface area contributed by atoms with Crippen molar-refractivity contribution in [3.05, 3.63) is 83.9 Å². The first-order chi connectivity index (χ1) is 18.4. The van der Waals surface area contributed by atoms with E-state index in [0.29, 0.717) is 16.1 Å². The first kappa shape index (κ1) is 27.6. The molecular weight excluding hydrogens is 548 g/mol. The molecule has 0 fully saturated rings. The Morgan fingerprint density at radius 2 is 1.63 bits per heavy atom. The maximum Gasteiger partial charge on any atom is 0.316 e. The molecule has 0 radical (unpaired) electrons. The van der Waals surface area contributed by atoms with Crippen LogP contribution in [0.1, 0.15) is 5.56 Å². The Balaban J connectivity index is 1.67. The van der Waals surface area contributed by atoms with Crippen molar-refractivity contribution in [2.75, 3.05) is 30.8 Å². The predicted octanol–water partition coefficient (Wildman–Crippen LogP) is 4.24. The smallest absolute Gasteiger partial charge is 0.316 e. The van der Waals surface area contributed by atoms with Gasteiger partial charge in [0, 0.05) is 29.4 Å². The van der Waals surface area contributed by atoms with Crippen LogP contribution in [0.25, 0.3) is 11.1 Å². The van der Waals surface area contributed by atoms with Crippen LogP contribution in [-0.2, 0) is 16.8 Å². The molecule has 0 amide bonds. The molecule has 0 aliphatic carbocycles. The van der Waals surface area contributed by atoms with Crippen LogP contribution in [0.3, 0.4) is 0 Å². The van der Waals surface area contributed by atoms with Crippen LogP contribution >= 0.6 is 23.4 Å². The summed E-state index contributed by atoms with van der Waals surface area (Å²) < 4.78 is 41.5. The molecule has 0 aliphatic heterocycles. The number of anilines is 1. The SMILES string of the molecule is CNS(=O)(=O)N(Cc1ccccc1)c1ncnc(OCCOc2ncc(SC)cn2)c1-c1ccc(Cl)cc1. The van der Waals surface area contributed by atoms with Crippen molar-refractivity contribution < 1.29 is 17.9 Å². The second kappa shape index (κ2) is 12.9. The van der Waals surface area contributed by atoms with E-state index >= 15 is 0 Å². The molecule has 1 N–H and O–H groups in total. The number of thioether (sulfide) groups is 1. The van der Waals surface area contributed by atoms with E-state index in [2.05, 4.69) is 24.7 Å². The number of rotatable bonds is 12. The minimum absolute atomic E-state index is 0.0353. The number of nitrogens with one attached hydrogen (secondary N) is 1. The summed E-state index contributed by atoms with van der Waals surface area (Å²) >= 11 is 7.65. The number of ether oxygens (including phenoxy) is 2. The quantitative estimate of drug-likeness (QED) is 0.196.